The SMILES string of the molecule is Cc1nc(C2C=C(Sc3ccc(NC(=O)c4c(F)cccc4F)cc3)N(C)CC2C)no1. The molecule has 166 valence electrons. The van der Waals surface area contributed by atoms with Crippen molar-refractivity contribution in [1.82, 2.24) is 15.0 Å². The van der Waals surface area contributed by atoms with Gasteiger partial charge in [-0.1, -0.05) is 29.9 Å². The van der Waals surface area contributed by atoms with Gasteiger partial charge in [0.25, 0.3) is 5.91 Å². The molecule has 0 fully saturated rings. The minimum Gasteiger partial charge on any atom is -0.369 e. The number of halogens is 2. The maximum Gasteiger partial charge on any atom is 0.261 e. The van der Waals surface area contributed by atoms with Crippen molar-refractivity contribution in [1.29, 1.82) is 0 Å². The van der Waals surface area contributed by atoms with Gasteiger partial charge in [-0.25, -0.2) is 8.78 Å². The van der Waals surface area contributed by atoms with Crippen LogP contribution in [-0.4, -0.2) is 34.5 Å². The zero-order chi connectivity index (χ0) is 22.8. The predicted molar refractivity (Wildman–Crippen MR) is 118 cm³/mol. The van der Waals surface area contributed by atoms with E-state index < -0.39 is 23.1 Å². The third-order valence-electron chi connectivity index (χ3n) is 5.24. The van der Waals surface area contributed by atoms with Crippen molar-refractivity contribution in [2.45, 2.75) is 24.7 Å². The van der Waals surface area contributed by atoms with Gasteiger partial charge in [0.15, 0.2) is 5.82 Å². The van der Waals surface area contributed by atoms with E-state index in [1.54, 1.807) is 30.8 Å². The van der Waals surface area contributed by atoms with Crippen molar-refractivity contribution in [3.05, 3.63) is 82.5 Å². The van der Waals surface area contributed by atoms with Crippen molar-refractivity contribution in [2.75, 3.05) is 18.9 Å². The molecule has 2 heterocycles. The molecule has 0 spiro atoms. The summed E-state index contributed by atoms with van der Waals surface area (Å²) in [6.07, 6.45) is 2.14. The molecule has 0 saturated carbocycles. The Hall–Kier alpha value is -3.20. The fourth-order valence-corrected chi connectivity index (χ4v) is 4.57. The Kier molecular flexibility index (Phi) is 6.27. The smallest absolute Gasteiger partial charge is 0.261 e. The quantitative estimate of drug-likeness (QED) is 0.569. The number of benzene rings is 2. The molecule has 2 aromatic carbocycles. The highest BCUT2D eigenvalue weighted by Gasteiger charge is 2.29. The van der Waals surface area contributed by atoms with Gasteiger partial charge in [0.2, 0.25) is 5.89 Å². The first-order valence-electron chi connectivity index (χ1n) is 10.1. The molecule has 1 aromatic heterocycles. The minimum absolute atomic E-state index is 0.0559. The Balaban J connectivity index is 1.47. The van der Waals surface area contributed by atoms with Crippen LogP contribution in [0.4, 0.5) is 14.5 Å². The van der Waals surface area contributed by atoms with Crippen LogP contribution in [0.3, 0.4) is 0 Å². The number of hydrogen-bond donors (Lipinski definition) is 1. The Morgan fingerprint density at radius 3 is 2.50 bits per heavy atom. The summed E-state index contributed by atoms with van der Waals surface area (Å²) in [7, 11) is 2.03. The van der Waals surface area contributed by atoms with E-state index in [0.717, 1.165) is 28.6 Å². The monoisotopic (exact) mass is 456 g/mol. The molecule has 1 aliphatic rings. The molecule has 0 bridgehead atoms. The van der Waals surface area contributed by atoms with Crippen molar-refractivity contribution in [3.63, 3.8) is 0 Å². The van der Waals surface area contributed by atoms with Gasteiger partial charge in [-0.05, 0) is 48.4 Å². The van der Waals surface area contributed by atoms with E-state index in [0.29, 0.717) is 23.3 Å². The molecule has 4 rings (SSSR count). The normalized spacial score (nSPS) is 18.4. The summed E-state index contributed by atoms with van der Waals surface area (Å²) in [4.78, 5) is 19.8. The molecule has 0 radical (unpaired) electrons. The first-order chi connectivity index (χ1) is 15.3. The van der Waals surface area contributed by atoms with E-state index in [9.17, 15) is 13.6 Å². The Labute approximate surface area is 188 Å². The molecular formula is C23H22F2N4O2S. The topological polar surface area (TPSA) is 71.3 Å². The van der Waals surface area contributed by atoms with Crippen LogP contribution in [-0.2, 0) is 0 Å². The van der Waals surface area contributed by atoms with Crippen molar-refractivity contribution in [2.24, 2.45) is 5.92 Å². The average Bonchev–Trinajstić information content (AvgIpc) is 3.17. The van der Waals surface area contributed by atoms with Crippen LogP contribution in [0, 0.1) is 24.5 Å². The molecule has 3 aromatic rings. The lowest BCUT2D eigenvalue weighted by Gasteiger charge is -2.33. The Morgan fingerprint density at radius 2 is 1.88 bits per heavy atom. The zero-order valence-electron chi connectivity index (χ0n) is 17.8. The van der Waals surface area contributed by atoms with Crippen LogP contribution >= 0.6 is 11.8 Å². The number of carbonyl (C=O) groups is 1. The number of nitrogens with one attached hydrogen (secondary N) is 1. The van der Waals surface area contributed by atoms with E-state index in [2.05, 4.69) is 33.4 Å². The van der Waals surface area contributed by atoms with Crippen LogP contribution in [0.15, 0.2) is 63.0 Å². The van der Waals surface area contributed by atoms with Crippen LogP contribution in [0.2, 0.25) is 0 Å². The molecule has 6 nitrogen and oxygen atoms in total. The lowest BCUT2D eigenvalue weighted by molar-refractivity contribution is 0.101. The van der Waals surface area contributed by atoms with E-state index >= 15 is 0 Å². The lowest BCUT2D eigenvalue weighted by atomic mass is 9.90. The summed E-state index contributed by atoms with van der Waals surface area (Å²) in [5.74, 6) is -1.02. The van der Waals surface area contributed by atoms with Crippen LogP contribution in [0.5, 0.6) is 0 Å². The van der Waals surface area contributed by atoms with Gasteiger partial charge in [-0.2, -0.15) is 4.98 Å². The van der Waals surface area contributed by atoms with Crippen LogP contribution in [0.25, 0.3) is 0 Å². The molecule has 0 saturated heterocycles. The summed E-state index contributed by atoms with van der Waals surface area (Å²) in [6, 6.07) is 10.4. The first-order valence-corrected chi connectivity index (χ1v) is 10.9. The van der Waals surface area contributed by atoms with Gasteiger partial charge in [-0.3, -0.25) is 4.79 Å². The number of aryl methyl sites for hydroxylation is 1. The van der Waals surface area contributed by atoms with Crippen LogP contribution in [0.1, 0.15) is 34.9 Å². The predicted octanol–water partition coefficient (Wildman–Crippen LogP) is 5.21. The first kappa shape index (κ1) is 22.0. The number of rotatable bonds is 5. The fourth-order valence-electron chi connectivity index (χ4n) is 3.61. The van der Waals surface area contributed by atoms with Crippen molar-refractivity contribution >= 4 is 23.4 Å². The molecule has 0 aliphatic carbocycles. The van der Waals surface area contributed by atoms with E-state index in [4.69, 9.17) is 4.52 Å². The maximum atomic E-state index is 13.8. The van der Waals surface area contributed by atoms with Crippen LogP contribution < -0.4 is 5.32 Å². The van der Waals surface area contributed by atoms with E-state index in [1.165, 1.54) is 6.07 Å². The Morgan fingerprint density at radius 1 is 1.19 bits per heavy atom. The zero-order valence-corrected chi connectivity index (χ0v) is 18.6. The summed E-state index contributed by atoms with van der Waals surface area (Å²) in [6.45, 7) is 4.77. The second-order valence-corrected chi connectivity index (χ2v) is 8.83. The van der Waals surface area contributed by atoms with Gasteiger partial charge in [0, 0.05) is 37.0 Å². The number of carbonyl (C=O) groups excluding carboxylic acids is 1. The van der Waals surface area contributed by atoms with Gasteiger partial charge >= 0.3 is 0 Å². The summed E-state index contributed by atoms with van der Waals surface area (Å²) >= 11 is 1.58. The second kappa shape index (κ2) is 9.12. The molecular weight excluding hydrogens is 434 g/mol. The minimum atomic E-state index is -0.900. The fraction of sp³-hybridized carbons (Fsp3) is 0.261. The number of nitrogens with zero attached hydrogens (tertiary/aromatic N) is 3. The van der Waals surface area contributed by atoms with Gasteiger partial charge in [0.1, 0.15) is 17.2 Å². The second-order valence-electron chi connectivity index (χ2n) is 7.74. The molecule has 9 heteroatoms. The van der Waals surface area contributed by atoms with Gasteiger partial charge < -0.3 is 14.7 Å². The average molecular weight is 457 g/mol. The third kappa shape index (κ3) is 4.67. The van der Waals surface area contributed by atoms with Gasteiger partial charge in [0.05, 0.1) is 5.03 Å². The molecule has 32 heavy (non-hydrogen) atoms. The maximum absolute atomic E-state index is 13.8. The number of anilines is 1. The highest BCUT2D eigenvalue weighted by molar-refractivity contribution is 8.03. The number of amides is 1. The number of allylic oxidation sites excluding steroid dienone is 1. The number of hydrogen-bond acceptors (Lipinski definition) is 6. The summed E-state index contributed by atoms with van der Waals surface area (Å²) in [5.41, 5.74) is -0.154. The summed E-state index contributed by atoms with van der Waals surface area (Å²) in [5, 5.41) is 7.67. The van der Waals surface area contributed by atoms with E-state index in [1.807, 2.05) is 19.2 Å². The number of aromatic nitrogens is 2. The summed E-state index contributed by atoms with van der Waals surface area (Å²) < 4.78 is 32.8. The molecule has 1 amide bonds. The highest BCUT2D eigenvalue weighted by Crippen LogP contribution is 2.38. The standard InChI is InChI=1S/C23H22F2N4O2S/c1-13-12-29(3)20(11-17(13)22-26-14(2)31-28-22)32-16-9-7-15(8-10-16)27-23(30)21-18(24)5-4-6-19(21)25/h4-11,13,17H,12H2,1-3H3,(H,27,30). The Bertz CT molecular complexity index is 1140. The van der Waals surface area contributed by atoms with E-state index in [-0.39, 0.29) is 5.92 Å². The molecule has 1 N–H and O–H groups in total. The molecule has 1 aliphatic heterocycles. The largest absolute Gasteiger partial charge is 0.369 e. The van der Waals surface area contributed by atoms with Gasteiger partial charge in [-0.15, -0.1) is 0 Å². The highest BCUT2D eigenvalue weighted by atomic mass is 32.2. The lowest BCUT2D eigenvalue weighted by Crippen LogP contribution is -2.31. The number of thioether (sulfide) groups is 1. The van der Waals surface area contributed by atoms with Crippen molar-refractivity contribution < 1.29 is 18.1 Å². The third-order valence-corrected chi connectivity index (χ3v) is 6.40. The molecule has 2 atom stereocenters. The van der Waals surface area contributed by atoms with Crippen molar-refractivity contribution in [3.8, 4) is 0 Å². The molecule has 2 unspecified atom stereocenters.